The Morgan fingerprint density at radius 1 is 1.30 bits per heavy atom. The van der Waals surface area contributed by atoms with Crippen molar-refractivity contribution in [2.45, 2.75) is 33.3 Å². The maximum atomic E-state index is 12.5. The number of nitrogens with zero attached hydrogens (tertiary/aromatic N) is 1. The molecule has 0 spiro atoms. The van der Waals surface area contributed by atoms with Crippen LogP contribution < -0.4 is 9.64 Å². The van der Waals surface area contributed by atoms with E-state index in [4.69, 9.17) is 27.9 Å². The average Bonchev–Trinajstić information content (AvgIpc) is 2.77. The first-order chi connectivity index (χ1) is 10.8. The monoisotopic (exact) mass is 353 g/mol. The summed E-state index contributed by atoms with van der Waals surface area (Å²) in [6, 6.07) is 2.97. The van der Waals surface area contributed by atoms with Crippen molar-refractivity contribution >= 4 is 40.7 Å². The highest BCUT2D eigenvalue weighted by molar-refractivity contribution is 6.39. The van der Waals surface area contributed by atoms with E-state index in [0.717, 1.165) is 10.5 Å². The highest BCUT2D eigenvalue weighted by atomic mass is 35.5. The number of ether oxygens (including phenoxy) is 1. The van der Waals surface area contributed by atoms with Gasteiger partial charge in [0.05, 0.1) is 22.2 Å². The topological polar surface area (TPSA) is 46.6 Å². The average molecular weight is 354 g/mol. The summed E-state index contributed by atoms with van der Waals surface area (Å²) in [5.74, 6) is -0.343. The summed E-state index contributed by atoms with van der Waals surface area (Å²) in [6.45, 7) is 9.03. The Morgan fingerprint density at radius 3 is 2.48 bits per heavy atom. The molecule has 2 rings (SSSR count). The van der Waals surface area contributed by atoms with E-state index in [9.17, 15) is 9.59 Å². The second kappa shape index (κ2) is 6.77. The molecule has 0 radical (unpaired) electrons. The molecular weight excluding hydrogens is 337 g/mol. The molecule has 1 aromatic carbocycles. The molecule has 0 aromatic heterocycles. The van der Waals surface area contributed by atoms with E-state index >= 15 is 0 Å². The number of carbonyl (C=O) groups is 2. The van der Waals surface area contributed by atoms with Gasteiger partial charge in [-0.2, -0.15) is 0 Å². The van der Waals surface area contributed by atoms with Gasteiger partial charge < -0.3 is 4.74 Å². The fourth-order valence-electron chi connectivity index (χ4n) is 2.22. The highest BCUT2D eigenvalue weighted by Crippen LogP contribution is 2.39. The van der Waals surface area contributed by atoms with Gasteiger partial charge in [0.15, 0.2) is 0 Å². The minimum Gasteiger partial charge on any atom is -0.485 e. The predicted octanol–water partition coefficient (Wildman–Crippen LogP) is 4.55. The number of benzene rings is 1. The lowest BCUT2D eigenvalue weighted by Gasteiger charge is -2.19. The van der Waals surface area contributed by atoms with Crippen LogP contribution in [0.15, 0.2) is 35.9 Å². The zero-order valence-corrected chi connectivity index (χ0v) is 14.7. The quantitative estimate of drug-likeness (QED) is 0.453. The molecule has 23 heavy (non-hydrogen) atoms. The van der Waals surface area contributed by atoms with E-state index < -0.39 is 0 Å². The fraction of sp³-hybridized carbons (Fsp3) is 0.294. The van der Waals surface area contributed by atoms with Gasteiger partial charge >= 0.3 is 0 Å². The Morgan fingerprint density at radius 2 is 1.96 bits per heavy atom. The van der Waals surface area contributed by atoms with Gasteiger partial charge in [0.1, 0.15) is 11.9 Å². The normalized spacial score (nSPS) is 15.9. The van der Waals surface area contributed by atoms with Crippen LogP contribution in [0.3, 0.4) is 0 Å². The maximum Gasteiger partial charge on any atom is 0.261 e. The molecule has 1 aliphatic heterocycles. The predicted molar refractivity (Wildman–Crippen MR) is 92.2 cm³/mol. The third-order valence-corrected chi connectivity index (χ3v) is 4.13. The van der Waals surface area contributed by atoms with Gasteiger partial charge in [-0.1, -0.05) is 41.4 Å². The van der Waals surface area contributed by atoms with Crippen LogP contribution >= 0.6 is 23.2 Å². The van der Waals surface area contributed by atoms with Gasteiger partial charge in [-0.15, -0.1) is 0 Å². The second-order valence-electron chi connectivity index (χ2n) is 5.48. The Labute approximate surface area is 145 Å². The van der Waals surface area contributed by atoms with Crippen molar-refractivity contribution < 1.29 is 14.3 Å². The number of rotatable bonds is 4. The summed E-state index contributed by atoms with van der Waals surface area (Å²) in [5, 5.41) is 0.513. The molecule has 4 nitrogen and oxygen atoms in total. The lowest BCUT2D eigenvalue weighted by atomic mass is 10.1. The van der Waals surface area contributed by atoms with Crippen LogP contribution in [0.5, 0.6) is 5.75 Å². The molecule has 0 N–H and O–H groups in total. The van der Waals surface area contributed by atoms with Crippen LogP contribution in [0.1, 0.15) is 27.2 Å². The minimum atomic E-state index is -0.359. The molecule has 1 unspecified atom stereocenters. The Balaban J connectivity index is 2.49. The molecule has 1 fully saturated rings. The van der Waals surface area contributed by atoms with Crippen molar-refractivity contribution in [3.63, 3.8) is 0 Å². The van der Waals surface area contributed by atoms with Crippen LogP contribution in [-0.4, -0.2) is 17.9 Å². The molecule has 2 amide bonds. The smallest absolute Gasteiger partial charge is 0.261 e. The number of carbonyl (C=O) groups excluding carboxylic acids is 2. The molecule has 0 saturated carbocycles. The third kappa shape index (κ3) is 3.43. The zero-order valence-electron chi connectivity index (χ0n) is 13.2. The number of imide groups is 1. The summed E-state index contributed by atoms with van der Waals surface area (Å²) < 4.78 is 5.62. The first kappa shape index (κ1) is 17.6. The molecule has 0 aliphatic carbocycles. The van der Waals surface area contributed by atoms with Gasteiger partial charge in [0.25, 0.3) is 5.91 Å². The van der Waals surface area contributed by atoms with Gasteiger partial charge in [-0.25, -0.2) is 4.90 Å². The summed E-state index contributed by atoms with van der Waals surface area (Å²) in [7, 11) is 0. The van der Waals surface area contributed by atoms with E-state index in [1.54, 1.807) is 26.8 Å². The molecule has 1 saturated heterocycles. The van der Waals surface area contributed by atoms with E-state index in [1.807, 2.05) is 0 Å². The SMILES string of the molecule is C=CC(C)Oc1cc(N2C(=O)CC(=C(C)C)C2=O)c(Cl)cc1Cl. The Kier molecular flexibility index (Phi) is 5.17. The van der Waals surface area contributed by atoms with Crippen LogP contribution in [0.2, 0.25) is 10.0 Å². The van der Waals surface area contributed by atoms with E-state index in [0.29, 0.717) is 16.3 Å². The number of allylic oxidation sites excluding steroid dienone is 1. The molecule has 1 aliphatic rings. The Bertz CT molecular complexity index is 721. The number of hydrogen-bond donors (Lipinski definition) is 0. The number of halogens is 2. The third-order valence-electron chi connectivity index (χ3n) is 3.53. The summed E-state index contributed by atoms with van der Waals surface area (Å²) >= 11 is 12.3. The molecule has 122 valence electrons. The van der Waals surface area contributed by atoms with E-state index in [1.165, 1.54) is 12.1 Å². The Hall–Kier alpha value is -1.78. The first-order valence-electron chi connectivity index (χ1n) is 7.08. The highest BCUT2D eigenvalue weighted by Gasteiger charge is 2.37. The lowest BCUT2D eigenvalue weighted by molar-refractivity contribution is -0.120. The van der Waals surface area contributed by atoms with Crippen LogP contribution in [0, 0.1) is 0 Å². The minimum absolute atomic E-state index is 0.0688. The molecule has 1 aromatic rings. The van der Waals surface area contributed by atoms with Crippen molar-refractivity contribution in [1.29, 1.82) is 0 Å². The maximum absolute atomic E-state index is 12.5. The van der Waals surface area contributed by atoms with Crippen molar-refractivity contribution in [1.82, 2.24) is 0 Å². The number of amides is 2. The van der Waals surface area contributed by atoms with Crippen LogP contribution in [-0.2, 0) is 9.59 Å². The lowest BCUT2D eigenvalue weighted by Crippen LogP contribution is -2.29. The zero-order chi connectivity index (χ0) is 17.3. The van der Waals surface area contributed by atoms with E-state index in [-0.39, 0.29) is 35.0 Å². The molecule has 1 atom stereocenters. The van der Waals surface area contributed by atoms with Crippen molar-refractivity contribution in [3.05, 3.63) is 46.0 Å². The largest absolute Gasteiger partial charge is 0.485 e. The number of anilines is 1. The van der Waals surface area contributed by atoms with Crippen molar-refractivity contribution in [2.24, 2.45) is 0 Å². The van der Waals surface area contributed by atoms with Gasteiger partial charge in [-0.3, -0.25) is 9.59 Å². The second-order valence-corrected chi connectivity index (χ2v) is 6.30. The fourth-order valence-corrected chi connectivity index (χ4v) is 2.73. The van der Waals surface area contributed by atoms with Gasteiger partial charge in [-0.05, 0) is 26.8 Å². The van der Waals surface area contributed by atoms with Crippen molar-refractivity contribution in [3.8, 4) is 5.75 Å². The molecular formula is C17H17Cl2NO3. The van der Waals surface area contributed by atoms with Crippen LogP contribution in [0.4, 0.5) is 5.69 Å². The first-order valence-corrected chi connectivity index (χ1v) is 7.83. The standard InChI is InChI=1S/C17H17Cl2NO3/c1-5-10(4)23-15-8-14(12(18)7-13(15)19)20-16(21)6-11(9(2)3)17(20)22/h5,7-8,10H,1,6H2,2-4H3. The van der Waals surface area contributed by atoms with Crippen molar-refractivity contribution in [2.75, 3.05) is 4.90 Å². The molecule has 1 heterocycles. The summed E-state index contributed by atoms with van der Waals surface area (Å²) in [6.07, 6.45) is 1.40. The van der Waals surface area contributed by atoms with Gasteiger partial charge in [0.2, 0.25) is 5.91 Å². The van der Waals surface area contributed by atoms with Crippen LogP contribution in [0.25, 0.3) is 0 Å². The van der Waals surface area contributed by atoms with Gasteiger partial charge in [0, 0.05) is 11.6 Å². The summed E-state index contributed by atoms with van der Waals surface area (Å²) in [4.78, 5) is 25.8. The summed E-state index contributed by atoms with van der Waals surface area (Å²) in [5.41, 5.74) is 1.57. The van der Waals surface area contributed by atoms with E-state index in [2.05, 4.69) is 6.58 Å². The molecule has 0 bridgehead atoms. The number of hydrogen-bond acceptors (Lipinski definition) is 3. The molecule has 6 heteroatoms.